The lowest BCUT2D eigenvalue weighted by Crippen LogP contribution is -2.42. The molecule has 1 heterocycles. The van der Waals surface area contributed by atoms with Gasteiger partial charge in [-0.3, -0.25) is 14.5 Å². The van der Waals surface area contributed by atoms with Crippen molar-refractivity contribution in [2.24, 2.45) is 0 Å². The van der Waals surface area contributed by atoms with Crippen LogP contribution in [0.4, 0.5) is 0 Å². The first-order valence-corrected chi connectivity index (χ1v) is 5.23. The molecular weight excluding hydrogens is 224 g/mol. The van der Waals surface area contributed by atoms with Crippen LogP contribution in [0.2, 0.25) is 0 Å². The first-order chi connectivity index (χ1) is 8.00. The second kappa shape index (κ2) is 6.05. The number of carbonyl (C=O) groups excluding carboxylic acids is 1. The van der Waals surface area contributed by atoms with Crippen LogP contribution in [0.15, 0.2) is 22.8 Å². The fourth-order valence-corrected chi connectivity index (χ4v) is 1.21. The lowest BCUT2D eigenvalue weighted by Gasteiger charge is -2.20. The van der Waals surface area contributed by atoms with Crippen molar-refractivity contribution in [3.05, 3.63) is 24.2 Å². The van der Waals surface area contributed by atoms with Gasteiger partial charge in [0.05, 0.1) is 19.4 Å². The lowest BCUT2D eigenvalue weighted by atomic mass is 10.3. The van der Waals surface area contributed by atoms with E-state index in [1.807, 2.05) is 0 Å². The van der Waals surface area contributed by atoms with E-state index in [2.05, 4.69) is 5.32 Å². The number of hydrogen-bond acceptors (Lipinski definition) is 4. The van der Waals surface area contributed by atoms with Gasteiger partial charge in [-0.05, 0) is 26.1 Å². The maximum Gasteiger partial charge on any atom is 0.320 e. The van der Waals surface area contributed by atoms with Crippen LogP contribution in [-0.2, 0) is 16.1 Å². The highest BCUT2D eigenvalue weighted by Crippen LogP contribution is 1.99. The van der Waals surface area contributed by atoms with E-state index in [1.54, 1.807) is 19.2 Å². The van der Waals surface area contributed by atoms with E-state index < -0.39 is 12.0 Å². The molecule has 0 aliphatic heterocycles. The summed E-state index contributed by atoms with van der Waals surface area (Å²) in [6.45, 7) is 1.87. The van der Waals surface area contributed by atoms with Gasteiger partial charge in [-0.2, -0.15) is 0 Å². The zero-order valence-electron chi connectivity index (χ0n) is 9.84. The van der Waals surface area contributed by atoms with Gasteiger partial charge in [-0.1, -0.05) is 0 Å². The maximum absolute atomic E-state index is 11.5. The second-order valence-corrected chi connectivity index (χ2v) is 3.79. The van der Waals surface area contributed by atoms with Gasteiger partial charge in [0.1, 0.15) is 11.8 Å². The highest BCUT2D eigenvalue weighted by Gasteiger charge is 2.18. The van der Waals surface area contributed by atoms with E-state index in [0.29, 0.717) is 12.3 Å². The number of nitrogens with one attached hydrogen (secondary N) is 1. The molecule has 1 unspecified atom stereocenters. The van der Waals surface area contributed by atoms with Crippen LogP contribution in [-0.4, -0.2) is 41.5 Å². The summed E-state index contributed by atoms with van der Waals surface area (Å²) in [5.41, 5.74) is 0. The highest BCUT2D eigenvalue weighted by atomic mass is 16.4. The monoisotopic (exact) mass is 240 g/mol. The number of carbonyl (C=O) groups is 2. The smallest absolute Gasteiger partial charge is 0.320 e. The van der Waals surface area contributed by atoms with Crippen molar-refractivity contribution in [1.29, 1.82) is 0 Å². The SMILES string of the molecule is CC(C(=O)O)N(C)CC(=O)NCc1ccco1. The summed E-state index contributed by atoms with van der Waals surface area (Å²) in [5.74, 6) is -0.532. The lowest BCUT2D eigenvalue weighted by molar-refractivity contribution is -0.142. The molecule has 0 fully saturated rings. The molecule has 94 valence electrons. The molecule has 1 atom stereocenters. The summed E-state index contributed by atoms with van der Waals surface area (Å²) in [5, 5.41) is 11.4. The molecule has 17 heavy (non-hydrogen) atoms. The number of hydrogen-bond donors (Lipinski definition) is 2. The fourth-order valence-electron chi connectivity index (χ4n) is 1.21. The molecule has 0 saturated carbocycles. The zero-order chi connectivity index (χ0) is 12.8. The van der Waals surface area contributed by atoms with Gasteiger partial charge in [-0.25, -0.2) is 0 Å². The number of carboxylic acid groups (broad SMARTS) is 1. The Balaban J connectivity index is 2.32. The minimum absolute atomic E-state index is 0.0359. The average Bonchev–Trinajstić information content (AvgIpc) is 2.77. The van der Waals surface area contributed by atoms with Gasteiger partial charge in [0.15, 0.2) is 0 Å². The average molecular weight is 240 g/mol. The number of rotatable bonds is 6. The van der Waals surface area contributed by atoms with Gasteiger partial charge in [0.25, 0.3) is 0 Å². The molecule has 0 spiro atoms. The Bertz CT molecular complexity index is 375. The number of furan rings is 1. The molecule has 2 N–H and O–H groups in total. The van der Waals surface area contributed by atoms with Crippen LogP contribution >= 0.6 is 0 Å². The number of nitrogens with zero attached hydrogens (tertiary/aromatic N) is 1. The second-order valence-electron chi connectivity index (χ2n) is 3.79. The summed E-state index contributed by atoms with van der Waals surface area (Å²) < 4.78 is 5.05. The minimum atomic E-state index is -0.952. The van der Waals surface area contributed by atoms with E-state index in [0.717, 1.165) is 0 Å². The number of amides is 1. The Morgan fingerprint density at radius 3 is 2.82 bits per heavy atom. The van der Waals surface area contributed by atoms with Gasteiger partial charge in [0, 0.05) is 0 Å². The first-order valence-electron chi connectivity index (χ1n) is 5.23. The Kier molecular flexibility index (Phi) is 4.71. The van der Waals surface area contributed by atoms with Crippen LogP contribution in [0, 0.1) is 0 Å². The Labute approximate surface area is 99.2 Å². The third kappa shape index (κ3) is 4.28. The van der Waals surface area contributed by atoms with E-state index in [1.165, 1.54) is 18.1 Å². The fraction of sp³-hybridized carbons (Fsp3) is 0.455. The molecule has 1 aromatic heterocycles. The Morgan fingerprint density at radius 1 is 1.59 bits per heavy atom. The normalized spacial score (nSPS) is 12.4. The summed E-state index contributed by atoms with van der Waals surface area (Å²) in [6.07, 6.45) is 1.53. The Hall–Kier alpha value is -1.82. The van der Waals surface area contributed by atoms with Gasteiger partial charge in [0.2, 0.25) is 5.91 Å². The van der Waals surface area contributed by atoms with Gasteiger partial charge in [-0.15, -0.1) is 0 Å². The van der Waals surface area contributed by atoms with E-state index in [9.17, 15) is 9.59 Å². The molecule has 0 aliphatic carbocycles. The predicted octanol–water partition coefficient (Wildman–Crippen LogP) is 0.301. The summed E-state index contributed by atoms with van der Waals surface area (Å²) >= 11 is 0. The third-order valence-corrected chi connectivity index (χ3v) is 2.45. The van der Waals surface area contributed by atoms with Crippen molar-refractivity contribution in [3.63, 3.8) is 0 Å². The molecule has 0 bridgehead atoms. The van der Waals surface area contributed by atoms with Crippen LogP contribution in [0.25, 0.3) is 0 Å². The van der Waals surface area contributed by atoms with Gasteiger partial charge >= 0.3 is 5.97 Å². The van der Waals surface area contributed by atoms with Crippen LogP contribution in [0.1, 0.15) is 12.7 Å². The number of likely N-dealkylation sites (N-methyl/N-ethyl adjacent to an activating group) is 1. The molecular formula is C11H16N2O4. The van der Waals surface area contributed by atoms with Crippen molar-refractivity contribution in [3.8, 4) is 0 Å². The molecule has 1 amide bonds. The predicted molar refractivity (Wildman–Crippen MR) is 60.3 cm³/mol. The number of aliphatic carboxylic acids is 1. The standard InChI is InChI=1S/C11H16N2O4/c1-8(11(15)16)13(2)7-10(14)12-6-9-4-3-5-17-9/h3-5,8H,6-7H2,1-2H3,(H,12,14)(H,15,16). The van der Waals surface area contributed by atoms with Crippen molar-refractivity contribution in [2.75, 3.05) is 13.6 Å². The van der Waals surface area contributed by atoms with Gasteiger partial charge < -0.3 is 14.8 Å². The highest BCUT2D eigenvalue weighted by molar-refractivity contribution is 5.79. The molecule has 1 rings (SSSR count). The third-order valence-electron chi connectivity index (χ3n) is 2.45. The quantitative estimate of drug-likeness (QED) is 0.747. The van der Waals surface area contributed by atoms with Crippen molar-refractivity contribution in [1.82, 2.24) is 10.2 Å². The molecule has 0 aromatic carbocycles. The van der Waals surface area contributed by atoms with E-state index >= 15 is 0 Å². The van der Waals surface area contributed by atoms with Crippen LogP contribution in [0.3, 0.4) is 0 Å². The Morgan fingerprint density at radius 2 is 2.29 bits per heavy atom. The summed E-state index contributed by atoms with van der Waals surface area (Å²) in [4.78, 5) is 23.6. The van der Waals surface area contributed by atoms with E-state index in [4.69, 9.17) is 9.52 Å². The first kappa shape index (κ1) is 13.2. The van der Waals surface area contributed by atoms with Crippen molar-refractivity contribution >= 4 is 11.9 Å². The molecule has 6 heteroatoms. The van der Waals surface area contributed by atoms with E-state index in [-0.39, 0.29) is 12.5 Å². The summed E-state index contributed by atoms with van der Waals surface area (Å²) in [7, 11) is 1.59. The molecule has 0 aliphatic rings. The minimum Gasteiger partial charge on any atom is -0.480 e. The summed E-state index contributed by atoms with van der Waals surface area (Å²) in [6, 6.07) is 2.80. The maximum atomic E-state index is 11.5. The van der Waals surface area contributed by atoms with Crippen LogP contribution < -0.4 is 5.32 Å². The molecule has 6 nitrogen and oxygen atoms in total. The van der Waals surface area contributed by atoms with Crippen molar-refractivity contribution in [2.45, 2.75) is 19.5 Å². The molecule has 1 aromatic rings. The zero-order valence-corrected chi connectivity index (χ0v) is 9.84. The molecule has 0 saturated heterocycles. The van der Waals surface area contributed by atoms with Crippen LogP contribution in [0.5, 0.6) is 0 Å². The molecule has 0 radical (unpaired) electrons. The topological polar surface area (TPSA) is 82.8 Å². The largest absolute Gasteiger partial charge is 0.480 e. The number of carboxylic acids is 1. The van der Waals surface area contributed by atoms with Crippen molar-refractivity contribution < 1.29 is 19.1 Å².